The van der Waals surface area contributed by atoms with E-state index in [1.165, 1.54) is 5.56 Å². The summed E-state index contributed by atoms with van der Waals surface area (Å²) in [6, 6.07) is 7.71. The number of carbonyl (C=O) groups excluding carboxylic acids is 1. The van der Waals surface area contributed by atoms with Crippen LogP contribution in [-0.4, -0.2) is 53.8 Å². The Morgan fingerprint density at radius 1 is 1.30 bits per heavy atom. The Kier molecular flexibility index (Phi) is 7.52. The highest BCUT2D eigenvalue weighted by Crippen LogP contribution is 2.11. The van der Waals surface area contributed by atoms with Crippen molar-refractivity contribution in [2.75, 3.05) is 26.2 Å². The molecule has 1 atom stereocenters. The summed E-state index contributed by atoms with van der Waals surface area (Å²) in [7, 11) is 0. The first kappa shape index (κ1) is 19.5. The van der Waals surface area contributed by atoms with Crippen LogP contribution in [-0.2, 0) is 4.79 Å². The molecule has 1 aromatic rings. The Morgan fingerprint density at radius 2 is 1.91 bits per heavy atom. The maximum Gasteiger partial charge on any atom is 0.234 e. The Balaban J connectivity index is 2.39. The minimum Gasteiger partial charge on any atom is -0.491 e. The molecule has 5 nitrogen and oxygen atoms in total. The fraction of sp³-hybridized carbons (Fsp3) is 0.611. The standard InChI is InChI=1S/C18H30N2O3/c1-6-20(12-17(22)19-18(3,4)5)11-15(21)13-23-16-9-7-14(2)8-10-16/h7-10,15,21H,6,11-13H2,1-5H3,(H,19,22). The maximum atomic E-state index is 12.0. The van der Waals surface area contributed by atoms with Crippen molar-refractivity contribution < 1.29 is 14.6 Å². The monoisotopic (exact) mass is 322 g/mol. The van der Waals surface area contributed by atoms with E-state index in [1.54, 1.807) is 0 Å². The van der Waals surface area contributed by atoms with Gasteiger partial charge in [-0.1, -0.05) is 24.6 Å². The third-order valence-corrected chi connectivity index (χ3v) is 3.26. The highest BCUT2D eigenvalue weighted by atomic mass is 16.5. The van der Waals surface area contributed by atoms with Gasteiger partial charge >= 0.3 is 0 Å². The van der Waals surface area contributed by atoms with Gasteiger partial charge in [-0.3, -0.25) is 9.69 Å². The van der Waals surface area contributed by atoms with Crippen molar-refractivity contribution in [3.63, 3.8) is 0 Å². The van der Waals surface area contributed by atoms with Gasteiger partial charge in [-0.15, -0.1) is 0 Å². The fourth-order valence-corrected chi connectivity index (χ4v) is 2.14. The van der Waals surface area contributed by atoms with Crippen LogP contribution in [0.1, 0.15) is 33.3 Å². The van der Waals surface area contributed by atoms with Crippen LogP contribution in [0.4, 0.5) is 0 Å². The largest absolute Gasteiger partial charge is 0.491 e. The van der Waals surface area contributed by atoms with Gasteiger partial charge in [0.2, 0.25) is 5.91 Å². The summed E-state index contributed by atoms with van der Waals surface area (Å²) in [5.74, 6) is 0.703. The van der Waals surface area contributed by atoms with Gasteiger partial charge in [0.05, 0.1) is 6.54 Å². The number of carbonyl (C=O) groups is 1. The number of nitrogens with zero attached hydrogens (tertiary/aromatic N) is 1. The van der Waals surface area contributed by atoms with Crippen LogP contribution in [0, 0.1) is 6.92 Å². The highest BCUT2D eigenvalue weighted by Gasteiger charge is 2.18. The molecule has 0 aliphatic heterocycles. The zero-order valence-electron chi connectivity index (χ0n) is 14.9. The lowest BCUT2D eigenvalue weighted by molar-refractivity contribution is -0.124. The molecule has 0 bridgehead atoms. The average molecular weight is 322 g/mol. The van der Waals surface area contributed by atoms with Gasteiger partial charge in [0.25, 0.3) is 0 Å². The average Bonchev–Trinajstić information content (AvgIpc) is 2.44. The molecule has 1 amide bonds. The molecule has 0 heterocycles. The van der Waals surface area contributed by atoms with Gasteiger partial charge < -0.3 is 15.2 Å². The number of aliphatic hydroxyl groups excluding tert-OH is 1. The van der Waals surface area contributed by atoms with E-state index >= 15 is 0 Å². The molecule has 1 rings (SSSR count). The van der Waals surface area contributed by atoms with E-state index < -0.39 is 6.10 Å². The number of hydrogen-bond acceptors (Lipinski definition) is 4. The molecule has 1 unspecified atom stereocenters. The topological polar surface area (TPSA) is 61.8 Å². The molecular formula is C18H30N2O3. The van der Waals surface area contributed by atoms with E-state index in [4.69, 9.17) is 4.74 Å². The first-order chi connectivity index (χ1) is 10.7. The van der Waals surface area contributed by atoms with Crippen LogP contribution >= 0.6 is 0 Å². The van der Waals surface area contributed by atoms with Crippen molar-refractivity contribution >= 4 is 5.91 Å². The maximum absolute atomic E-state index is 12.0. The van der Waals surface area contributed by atoms with Crippen LogP contribution in [0.5, 0.6) is 5.75 Å². The van der Waals surface area contributed by atoms with E-state index in [-0.39, 0.29) is 24.6 Å². The van der Waals surface area contributed by atoms with Gasteiger partial charge in [0, 0.05) is 12.1 Å². The molecular weight excluding hydrogens is 292 g/mol. The summed E-state index contributed by atoms with van der Waals surface area (Å²) in [5, 5.41) is 13.0. The quantitative estimate of drug-likeness (QED) is 0.768. The number of benzene rings is 1. The molecule has 1 aromatic carbocycles. The lowest BCUT2D eigenvalue weighted by Gasteiger charge is -2.26. The minimum absolute atomic E-state index is 0.0361. The van der Waals surface area contributed by atoms with Crippen molar-refractivity contribution in [1.82, 2.24) is 10.2 Å². The summed E-state index contributed by atoms with van der Waals surface area (Å²) >= 11 is 0. The smallest absolute Gasteiger partial charge is 0.234 e. The van der Waals surface area contributed by atoms with Gasteiger partial charge in [0.1, 0.15) is 18.5 Å². The second-order valence-corrected chi connectivity index (χ2v) is 6.90. The predicted octanol–water partition coefficient (Wildman–Crippen LogP) is 1.97. The molecule has 130 valence electrons. The zero-order valence-corrected chi connectivity index (χ0v) is 14.9. The second kappa shape index (κ2) is 8.89. The van der Waals surface area contributed by atoms with Crippen molar-refractivity contribution in [1.29, 1.82) is 0 Å². The van der Waals surface area contributed by atoms with E-state index in [0.717, 1.165) is 5.75 Å². The minimum atomic E-state index is -0.640. The lowest BCUT2D eigenvalue weighted by Crippen LogP contribution is -2.47. The van der Waals surface area contributed by atoms with Crippen molar-refractivity contribution in [3.05, 3.63) is 29.8 Å². The second-order valence-electron chi connectivity index (χ2n) is 6.90. The summed E-state index contributed by atoms with van der Waals surface area (Å²) in [5.41, 5.74) is 0.920. The molecule has 2 N–H and O–H groups in total. The number of nitrogens with one attached hydrogen (secondary N) is 1. The first-order valence-electron chi connectivity index (χ1n) is 8.10. The Hall–Kier alpha value is -1.59. The van der Waals surface area contributed by atoms with Crippen LogP contribution in [0.2, 0.25) is 0 Å². The number of likely N-dealkylation sites (N-methyl/N-ethyl adjacent to an activating group) is 1. The molecule has 0 saturated heterocycles. The summed E-state index contributed by atoms with van der Waals surface area (Å²) in [6.07, 6.45) is -0.640. The van der Waals surface area contributed by atoms with Crippen LogP contribution in [0.3, 0.4) is 0 Å². The van der Waals surface area contributed by atoms with Gasteiger partial charge in [-0.2, -0.15) is 0 Å². The fourth-order valence-electron chi connectivity index (χ4n) is 2.14. The van der Waals surface area contributed by atoms with Crippen molar-refractivity contribution in [2.45, 2.75) is 46.3 Å². The Labute approximate surface area is 139 Å². The molecule has 0 aliphatic rings. The molecule has 0 saturated carbocycles. The van der Waals surface area contributed by atoms with Gasteiger partial charge in [0.15, 0.2) is 0 Å². The Morgan fingerprint density at radius 3 is 2.43 bits per heavy atom. The SMILES string of the molecule is CCN(CC(=O)NC(C)(C)C)CC(O)COc1ccc(C)cc1. The van der Waals surface area contributed by atoms with Crippen molar-refractivity contribution in [2.24, 2.45) is 0 Å². The van der Waals surface area contributed by atoms with Crippen LogP contribution < -0.4 is 10.1 Å². The van der Waals surface area contributed by atoms with Crippen molar-refractivity contribution in [3.8, 4) is 5.75 Å². The summed E-state index contributed by atoms with van der Waals surface area (Å²) in [4.78, 5) is 13.9. The summed E-state index contributed by atoms with van der Waals surface area (Å²) < 4.78 is 5.58. The van der Waals surface area contributed by atoms with Crippen LogP contribution in [0.15, 0.2) is 24.3 Å². The number of aryl methyl sites for hydroxylation is 1. The first-order valence-corrected chi connectivity index (χ1v) is 8.10. The van der Waals surface area contributed by atoms with Gasteiger partial charge in [-0.05, 0) is 46.4 Å². The zero-order chi connectivity index (χ0) is 17.5. The molecule has 0 aliphatic carbocycles. The van der Waals surface area contributed by atoms with Gasteiger partial charge in [-0.25, -0.2) is 0 Å². The van der Waals surface area contributed by atoms with E-state index in [0.29, 0.717) is 13.1 Å². The molecule has 0 fully saturated rings. The van der Waals surface area contributed by atoms with E-state index in [1.807, 2.05) is 63.8 Å². The number of amides is 1. The molecule has 0 radical (unpaired) electrons. The number of hydrogen-bond donors (Lipinski definition) is 2. The molecule has 5 heteroatoms. The molecule has 0 spiro atoms. The molecule has 23 heavy (non-hydrogen) atoms. The number of rotatable bonds is 8. The molecule has 0 aromatic heterocycles. The normalized spacial score (nSPS) is 13.0. The Bertz CT molecular complexity index is 480. The highest BCUT2D eigenvalue weighted by molar-refractivity contribution is 5.78. The van der Waals surface area contributed by atoms with E-state index in [9.17, 15) is 9.90 Å². The lowest BCUT2D eigenvalue weighted by atomic mass is 10.1. The third-order valence-electron chi connectivity index (χ3n) is 3.26. The van der Waals surface area contributed by atoms with E-state index in [2.05, 4.69) is 5.32 Å². The third kappa shape index (κ3) is 8.57. The predicted molar refractivity (Wildman–Crippen MR) is 92.7 cm³/mol. The number of aliphatic hydroxyl groups is 1. The van der Waals surface area contributed by atoms with Crippen LogP contribution in [0.25, 0.3) is 0 Å². The number of ether oxygens (including phenoxy) is 1. The summed E-state index contributed by atoms with van der Waals surface area (Å²) in [6.45, 7) is 11.4.